The summed E-state index contributed by atoms with van der Waals surface area (Å²) >= 11 is 0. The molecule has 0 aliphatic heterocycles. The lowest BCUT2D eigenvalue weighted by Gasteiger charge is -2.61. The van der Waals surface area contributed by atoms with E-state index in [1.54, 1.807) is 18.2 Å². The monoisotopic (exact) mass is 817 g/mol. The van der Waals surface area contributed by atoms with E-state index in [9.17, 15) is 4.79 Å². The number of unbranched alkanes of at least 4 members (excludes halogenated alkanes) is 3. The van der Waals surface area contributed by atoms with Gasteiger partial charge < -0.3 is 25.7 Å². The summed E-state index contributed by atoms with van der Waals surface area (Å²) < 4.78 is 18.4. The first-order valence-electron chi connectivity index (χ1n) is 23.9. The van der Waals surface area contributed by atoms with Crippen LogP contribution in [0.2, 0.25) is 0 Å². The number of fused-ring (bicyclic) bond motifs is 5. The lowest BCUT2D eigenvalue weighted by molar-refractivity contribution is -0.126. The Bertz CT molecular complexity index is 1870. The number of benzene rings is 3. The van der Waals surface area contributed by atoms with Gasteiger partial charge in [-0.1, -0.05) is 72.1 Å². The number of nitrogens with two attached hydrogens (primary N) is 2. The molecule has 3 aromatic rings. The van der Waals surface area contributed by atoms with Crippen molar-refractivity contribution in [2.24, 2.45) is 52.3 Å². The number of allylic oxidation sites excluding steroid dienone is 1. The molecule has 0 radical (unpaired) electrons. The van der Waals surface area contributed by atoms with Crippen molar-refractivity contribution < 1.29 is 19.0 Å². The molecule has 0 bridgehead atoms. The Balaban J connectivity index is 0.811. The van der Waals surface area contributed by atoms with Crippen LogP contribution >= 0.6 is 0 Å². The van der Waals surface area contributed by atoms with E-state index in [4.69, 9.17) is 25.7 Å². The second kappa shape index (κ2) is 19.8. The minimum atomic E-state index is -0.00727. The zero-order valence-electron chi connectivity index (χ0n) is 37.6. The zero-order chi connectivity index (χ0) is 42.3. The fourth-order valence-corrected chi connectivity index (χ4v) is 12.8. The maximum absolute atomic E-state index is 13.1. The van der Waals surface area contributed by atoms with Gasteiger partial charge in [0.1, 0.15) is 17.2 Å². The average Bonchev–Trinajstić information content (AvgIpc) is 3.59. The van der Waals surface area contributed by atoms with Crippen LogP contribution in [-0.2, 0) is 0 Å². The summed E-state index contributed by atoms with van der Waals surface area (Å²) in [7, 11) is 0. The van der Waals surface area contributed by atoms with Crippen molar-refractivity contribution >= 4 is 23.2 Å². The number of rotatable bonds is 19. The number of hydrogen-bond acceptors (Lipinski definition) is 6. The van der Waals surface area contributed by atoms with Crippen LogP contribution < -0.4 is 25.7 Å². The van der Waals surface area contributed by atoms with Gasteiger partial charge in [0.25, 0.3) is 0 Å². The highest BCUT2D eigenvalue weighted by molar-refractivity contribution is 6.06. The number of hydrogen-bond donors (Lipinski definition) is 2. The minimum absolute atomic E-state index is 0.00727. The first-order valence-corrected chi connectivity index (χ1v) is 23.9. The standard InChI is InChI=1S/C54H76N2O4/c1-37(2)11-10-12-38(3)47-25-26-48-46-24-18-41-35-45(29-31-53(41,4)49(46)30-32-54(47,48)5)60-44-22-16-40(17-23-44)51(57)27-15-39-13-20-43(21-14-39)58-33-8-6-7-9-34-59-52-28-19-42(55)36-50(52)56/h13-17,19-23,27-28,36-38,41,45-49H,6-12,18,24-26,29-35,55-56H2,1-5H3/t38-,41?,45?,46+,47-,48+,49+,53+,54-/m1/s1. The quantitative estimate of drug-likeness (QED) is 0.0541. The summed E-state index contributed by atoms with van der Waals surface area (Å²) in [6, 6.07) is 21.1. The summed E-state index contributed by atoms with van der Waals surface area (Å²) in [5.74, 6) is 8.53. The molecule has 6 heteroatoms. The van der Waals surface area contributed by atoms with Crippen molar-refractivity contribution in [2.75, 3.05) is 24.7 Å². The second-order valence-electron chi connectivity index (χ2n) is 20.4. The smallest absolute Gasteiger partial charge is 0.185 e. The van der Waals surface area contributed by atoms with Crippen LogP contribution in [0.5, 0.6) is 17.2 Å². The number of nitrogen functional groups attached to an aromatic ring is 2. The molecule has 3 aromatic carbocycles. The molecule has 7 rings (SSSR count). The number of ketones is 1. The predicted octanol–water partition coefficient (Wildman–Crippen LogP) is 13.6. The third-order valence-electron chi connectivity index (χ3n) is 16.2. The topological polar surface area (TPSA) is 96.8 Å². The lowest BCUT2D eigenvalue weighted by Crippen LogP contribution is -2.54. The third kappa shape index (κ3) is 10.4. The number of ether oxygens (including phenoxy) is 3. The van der Waals surface area contributed by atoms with E-state index < -0.39 is 0 Å². The molecule has 9 atom stereocenters. The van der Waals surface area contributed by atoms with Crippen LogP contribution in [0.15, 0.2) is 72.8 Å². The van der Waals surface area contributed by atoms with E-state index in [0.29, 0.717) is 46.7 Å². The summed E-state index contributed by atoms with van der Waals surface area (Å²) in [4.78, 5) is 13.1. The van der Waals surface area contributed by atoms with Crippen LogP contribution in [0.3, 0.4) is 0 Å². The van der Waals surface area contributed by atoms with Crippen LogP contribution in [0.4, 0.5) is 11.4 Å². The van der Waals surface area contributed by atoms with Crippen molar-refractivity contribution in [1.82, 2.24) is 0 Å². The summed E-state index contributed by atoms with van der Waals surface area (Å²) in [5.41, 5.74) is 15.6. The summed E-state index contributed by atoms with van der Waals surface area (Å²) in [5, 5.41) is 0. The fraction of sp³-hybridized carbons (Fsp3) is 0.611. The SMILES string of the molecule is CC(C)CCC[C@@H](C)[C@H]1CC[C@H]2[C@@H]3CCC4CC(Oc5ccc(C(=O)C=Cc6ccc(OCCCCCCOc7ccc(N)cc7N)cc6)cc5)CC[C@]4(C)[C@H]3CC[C@]12C. The molecule has 0 heterocycles. The number of carbonyl (C=O) groups excluding carboxylic acids is 1. The Morgan fingerprint density at radius 3 is 2.17 bits per heavy atom. The highest BCUT2D eigenvalue weighted by Gasteiger charge is 2.60. The van der Waals surface area contributed by atoms with Crippen LogP contribution in [-0.4, -0.2) is 25.1 Å². The first-order chi connectivity index (χ1) is 28.9. The van der Waals surface area contributed by atoms with Crippen molar-refractivity contribution in [3.05, 3.63) is 83.9 Å². The highest BCUT2D eigenvalue weighted by atomic mass is 16.5. The third-order valence-corrected chi connectivity index (χ3v) is 16.2. The highest BCUT2D eigenvalue weighted by Crippen LogP contribution is 2.68. The molecule has 60 heavy (non-hydrogen) atoms. The molecule has 4 N–H and O–H groups in total. The molecule has 4 saturated carbocycles. The molecule has 0 amide bonds. The summed E-state index contributed by atoms with van der Waals surface area (Å²) in [6.07, 6.45) is 24.3. The van der Waals surface area contributed by atoms with E-state index in [0.717, 1.165) is 90.6 Å². The molecule has 4 fully saturated rings. The Labute approximate surface area is 362 Å². The van der Waals surface area contributed by atoms with Crippen molar-refractivity contribution in [3.63, 3.8) is 0 Å². The van der Waals surface area contributed by atoms with Gasteiger partial charge in [-0.3, -0.25) is 4.79 Å². The van der Waals surface area contributed by atoms with Gasteiger partial charge in [0.2, 0.25) is 0 Å². The Morgan fingerprint density at radius 1 is 0.733 bits per heavy atom. The number of carbonyl (C=O) groups is 1. The van der Waals surface area contributed by atoms with Crippen molar-refractivity contribution in [2.45, 2.75) is 143 Å². The molecule has 6 nitrogen and oxygen atoms in total. The maximum Gasteiger partial charge on any atom is 0.185 e. The van der Waals surface area contributed by atoms with Crippen molar-refractivity contribution in [3.8, 4) is 17.2 Å². The molecule has 4 aliphatic carbocycles. The molecule has 0 aromatic heterocycles. The molecule has 326 valence electrons. The molecular weight excluding hydrogens is 741 g/mol. The van der Waals surface area contributed by atoms with Gasteiger partial charge in [0.05, 0.1) is 25.0 Å². The molecule has 0 saturated heterocycles. The molecule has 2 unspecified atom stereocenters. The van der Waals surface area contributed by atoms with E-state index in [-0.39, 0.29) is 11.9 Å². The molecule has 4 aliphatic rings. The van der Waals surface area contributed by atoms with Crippen molar-refractivity contribution in [1.29, 1.82) is 0 Å². The van der Waals surface area contributed by atoms with E-state index in [2.05, 4.69) is 34.6 Å². The van der Waals surface area contributed by atoms with E-state index >= 15 is 0 Å². The van der Waals surface area contributed by atoms with Crippen LogP contribution in [0.1, 0.15) is 153 Å². The van der Waals surface area contributed by atoms with Crippen LogP contribution in [0.25, 0.3) is 6.08 Å². The van der Waals surface area contributed by atoms with Gasteiger partial charge in [-0.05, 0) is 202 Å². The molecule has 0 spiro atoms. The zero-order valence-corrected chi connectivity index (χ0v) is 37.6. The second-order valence-corrected chi connectivity index (χ2v) is 20.4. The van der Waals surface area contributed by atoms with E-state index in [1.165, 1.54) is 70.6 Å². The maximum atomic E-state index is 13.1. The Hall–Kier alpha value is -3.93. The predicted molar refractivity (Wildman–Crippen MR) is 248 cm³/mol. The Morgan fingerprint density at radius 2 is 1.43 bits per heavy atom. The van der Waals surface area contributed by atoms with Crippen LogP contribution in [0, 0.1) is 52.3 Å². The average molecular weight is 817 g/mol. The van der Waals surface area contributed by atoms with Gasteiger partial charge in [-0.15, -0.1) is 0 Å². The largest absolute Gasteiger partial charge is 0.494 e. The fourth-order valence-electron chi connectivity index (χ4n) is 12.8. The minimum Gasteiger partial charge on any atom is -0.494 e. The van der Waals surface area contributed by atoms with Gasteiger partial charge in [0.15, 0.2) is 5.78 Å². The Kier molecular flexibility index (Phi) is 14.6. The normalized spacial score (nSPS) is 29.1. The van der Waals surface area contributed by atoms with Gasteiger partial charge in [0, 0.05) is 11.3 Å². The van der Waals surface area contributed by atoms with E-state index in [1.807, 2.05) is 60.7 Å². The first kappa shape index (κ1) is 44.1. The number of anilines is 2. The molecular formula is C54H76N2O4. The van der Waals surface area contributed by atoms with Gasteiger partial charge in [-0.25, -0.2) is 0 Å². The lowest BCUT2D eigenvalue weighted by atomic mass is 9.44. The van der Waals surface area contributed by atoms with Gasteiger partial charge >= 0.3 is 0 Å². The summed E-state index contributed by atoms with van der Waals surface area (Å²) in [6.45, 7) is 14.0. The van der Waals surface area contributed by atoms with Gasteiger partial charge in [-0.2, -0.15) is 0 Å².